The van der Waals surface area contributed by atoms with Gasteiger partial charge in [-0.3, -0.25) is 10.1 Å². The molecule has 3 rings (SSSR count). The van der Waals surface area contributed by atoms with E-state index < -0.39 is 0 Å². The fourth-order valence-electron chi connectivity index (χ4n) is 2.55. The van der Waals surface area contributed by atoms with E-state index in [2.05, 4.69) is 5.32 Å². The van der Waals surface area contributed by atoms with Gasteiger partial charge in [0.2, 0.25) is 5.91 Å². The number of nitrogens with zero attached hydrogens (tertiary/aromatic N) is 1. The number of hydrogen-bond acceptors (Lipinski definition) is 3. The van der Waals surface area contributed by atoms with Crippen LogP contribution < -0.4 is 10.1 Å². The molecule has 1 aliphatic heterocycles. The lowest BCUT2D eigenvalue weighted by Gasteiger charge is -2.24. The van der Waals surface area contributed by atoms with Gasteiger partial charge in [-0.1, -0.05) is 12.1 Å². The van der Waals surface area contributed by atoms with E-state index >= 15 is 0 Å². The molecule has 0 aromatic heterocycles. The molecular formula is C14H18N2O2. The summed E-state index contributed by atoms with van der Waals surface area (Å²) in [4.78, 5) is 14.2. The summed E-state index contributed by atoms with van der Waals surface area (Å²) in [5.41, 5.74) is 1.10. The van der Waals surface area contributed by atoms with Crippen molar-refractivity contribution in [2.75, 3.05) is 7.11 Å². The Kier molecular flexibility index (Phi) is 2.74. The van der Waals surface area contributed by atoms with Gasteiger partial charge in [0.15, 0.2) is 0 Å². The highest BCUT2D eigenvalue weighted by molar-refractivity contribution is 5.84. The summed E-state index contributed by atoms with van der Waals surface area (Å²) >= 11 is 0. The van der Waals surface area contributed by atoms with Gasteiger partial charge in [0, 0.05) is 6.04 Å². The first-order valence-corrected chi connectivity index (χ1v) is 6.43. The third-order valence-electron chi connectivity index (χ3n) is 3.66. The first kappa shape index (κ1) is 11.5. The zero-order valence-electron chi connectivity index (χ0n) is 10.7. The van der Waals surface area contributed by atoms with Crippen molar-refractivity contribution >= 4 is 5.91 Å². The Bertz CT molecular complexity index is 471. The molecule has 96 valence electrons. The van der Waals surface area contributed by atoms with E-state index in [1.807, 2.05) is 36.1 Å². The van der Waals surface area contributed by atoms with Crippen LogP contribution in [0.25, 0.3) is 0 Å². The normalized spacial score (nSPS) is 27.7. The van der Waals surface area contributed by atoms with Crippen molar-refractivity contribution in [1.82, 2.24) is 10.2 Å². The SMILES string of the molecule is COc1cccc(C2NC(C)C(=O)N2C2CC2)c1. The van der Waals surface area contributed by atoms with Crippen LogP contribution in [-0.4, -0.2) is 30.0 Å². The molecule has 1 amide bonds. The molecule has 1 heterocycles. The first-order valence-electron chi connectivity index (χ1n) is 6.43. The number of nitrogens with one attached hydrogen (secondary N) is 1. The number of benzene rings is 1. The maximum atomic E-state index is 12.2. The van der Waals surface area contributed by atoms with Gasteiger partial charge in [0.1, 0.15) is 11.9 Å². The highest BCUT2D eigenvalue weighted by Crippen LogP contribution is 2.37. The number of hydrogen-bond donors (Lipinski definition) is 1. The molecule has 2 aliphatic rings. The first-order chi connectivity index (χ1) is 8.70. The van der Waals surface area contributed by atoms with E-state index in [1.54, 1.807) is 7.11 Å². The van der Waals surface area contributed by atoms with E-state index in [9.17, 15) is 4.79 Å². The van der Waals surface area contributed by atoms with Crippen LogP contribution in [0.15, 0.2) is 24.3 Å². The number of ether oxygens (including phenoxy) is 1. The lowest BCUT2D eigenvalue weighted by atomic mass is 10.1. The van der Waals surface area contributed by atoms with E-state index in [-0.39, 0.29) is 18.1 Å². The van der Waals surface area contributed by atoms with Gasteiger partial charge < -0.3 is 9.64 Å². The van der Waals surface area contributed by atoms with Crippen LogP contribution in [0.3, 0.4) is 0 Å². The van der Waals surface area contributed by atoms with Gasteiger partial charge in [-0.2, -0.15) is 0 Å². The minimum atomic E-state index is -0.0956. The van der Waals surface area contributed by atoms with Gasteiger partial charge in [0.25, 0.3) is 0 Å². The Morgan fingerprint density at radius 2 is 2.17 bits per heavy atom. The highest BCUT2D eigenvalue weighted by atomic mass is 16.5. The van der Waals surface area contributed by atoms with Crippen LogP contribution in [0.1, 0.15) is 31.5 Å². The summed E-state index contributed by atoms with van der Waals surface area (Å²) in [6.45, 7) is 1.93. The maximum Gasteiger partial charge on any atom is 0.241 e. The van der Waals surface area contributed by atoms with Crippen LogP contribution >= 0.6 is 0 Å². The molecule has 4 heteroatoms. The van der Waals surface area contributed by atoms with Gasteiger partial charge in [-0.25, -0.2) is 0 Å². The molecule has 1 saturated carbocycles. The van der Waals surface area contributed by atoms with Crippen LogP contribution in [0.2, 0.25) is 0 Å². The molecule has 1 saturated heterocycles. The van der Waals surface area contributed by atoms with Gasteiger partial charge in [-0.05, 0) is 37.5 Å². The number of carbonyl (C=O) groups excluding carboxylic acids is 1. The molecule has 0 radical (unpaired) electrons. The molecule has 1 aromatic carbocycles. The maximum absolute atomic E-state index is 12.2. The lowest BCUT2D eigenvalue weighted by molar-refractivity contribution is -0.130. The third kappa shape index (κ3) is 1.86. The zero-order valence-corrected chi connectivity index (χ0v) is 10.7. The van der Waals surface area contributed by atoms with Crippen molar-refractivity contribution in [3.05, 3.63) is 29.8 Å². The smallest absolute Gasteiger partial charge is 0.241 e. The molecule has 18 heavy (non-hydrogen) atoms. The molecule has 0 spiro atoms. The largest absolute Gasteiger partial charge is 0.497 e. The molecule has 2 unspecified atom stereocenters. The van der Waals surface area contributed by atoms with Crippen molar-refractivity contribution < 1.29 is 9.53 Å². The van der Waals surface area contributed by atoms with E-state index in [0.29, 0.717) is 6.04 Å². The molecule has 0 bridgehead atoms. The number of methoxy groups -OCH3 is 1. The Morgan fingerprint density at radius 1 is 1.39 bits per heavy atom. The van der Waals surface area contributed by atoms with Crippen molar-refractivity contribution in [3.8, 4) is 5.75 Å². The van der Waals surface area contributed by atoms with Gasteiger partial charge in [0.05, 0.1) is 13.2 Å². The quantitative estimate of drug-likeness (QED) is 0.882. The second kappa shape index (κ2) is 4.28. The highest BCUT2D eigenvalue weighted by Gasteiger charge is 2.45. The summed E-state index contributed by atoms with van der Waals surface area (Å²) in [6.07, 6.45) is 2.25. The number of rotatable bonds is 3. The average molecular weight is 246 g/mol. The molecule has 1 aliphatic carbocycles. The summed E-state index contributed by atoms with van der Waals surface area (Å²) in [5, 5.41) is 3.36. The standard InChI is InChI=1S/C14H18N2O2/c1-9-14(17)16(11-6-7-11)13(15-9)10-4-3-5-12(8-10)18-2/h3-5,8-9,11,13,15H,6-7H2,1-2H3. The van der Waals surface area contributed by atoms with Crippen molar-refractivity contribution in [3.63, 3.8) is 0 Å². The number of carbonyl (C=O) groups is 1. The van der Waals surface area contributed by atoms with E-state index in [4.69, 9.17) is 4.74 Å². The van der Waals surface area contributed by atoms with Crippen LogP contribution in [0.4, 0.5) is 0 Å². The molecule has 2 atom stereocenters. The van der Waals surface area contributed by atoms with Crippen LogP contribution in [0.5, 0.6) is 5.75 Å². The predicted octanol–water partition coefficient (Wildman–Crippen LogP) is 1.68. The predicted molar refractivity (Wildman–Crippen MR) is 68.2 cm³/mol. The minimum absolute atomic E-state index is 0.00454. The van der Waals surface area contributed by atoms with Crippen molar-refractivity contribution in [2.24, 2.45) is 0 Å². The summed E-state index contributed by atoms with van der Waals surface area (Å²) in [5.74, 6) is 1.04. The Morgan fingerprint density at radius 3 is 2.83 bits per heavy atom. The van der Waals surface area contributed by atoms with Gasteiger partial charge in [-0.15, -0.1) is 0 Å². The zero-order chi connectivity index (χ0) is 12.7. The summed E-state index contributed by atoms with van der Waals surface area (Å²) in [6, 6.07) is 8.26. The van der Waals surface area contributed by atoms with Gasteiger partial charge >= 0.3 is 0 Å². The van der Waals surface area contributed by atoms with E-state index in [0.717, 1.165) is 24.2 Å². The van der Waals surface area contributed by atoms with Crippen LogP contribution in [0, 0.1) is 0 Å². The molecule has 1 N–H and O–H groups in total. The molecule has 4 nitrogen and oxygen atoms in total. The van der Waals surface area contributed by atoms with Crippen molar-refractivity contribution in [2.45, 2.75) is 38.0 Å². The second-order valence-electron chi connectivity index (χ2n) is 5.04. The summed E-state index contributed by atoms with van der Waals surface area (Å²) in [7, 11) is 1.66. The van der Waals surface area contributed by atoms with Crippen molar-refractivity contribution in [1.29, 1.82) is 0 Å². The Labute approximate surface area is 107 Å². The molecule has 2 fully saturated rings. The average Bonchev–Trinajstić information content (AvgIpc) is 3.18. The minimum Gasteiger partial charge on any atom is -0.497 e. The number of amides is 1. The summed E-state index contributed by atoms with van der Waals surface area (Å²) < 4.78 is 5.25. The second-order valence-corrected chi connectivity index (χ2v) is 5.04. The van der Waals surface area contributed by atoms with E-state index in [1.165, 1.54) is 0 Å². The fraction of sp³-hybridized carbons (Fsp3) is 0.500. The lowest BCUT2D eigenvalue weighted by Crippen LogP contribution is -2.32. The van der Waals surface area contributed by atoms with Crippen LogP contribution in [-0.2, 0) is 4.79 Å². The fourth-order valence-corrected chi connectivity index (χ4v) is 2.55. The monoisotopic (exact) mass is 246 g/mol. The molecular weight excluding hydrogens is 228 g/mol. The third-order valence-corrected chi connectivity index (χ3v) is 3.66. The topological polar surface area (TPSA) is 41.6 Å². The Hall–Kier alpha value is -1.55. The molecule has 1 aromatic rings. The Balaban J connectivity index is 1.91.